The van der Waals surface area contributed by atoms with E-state index in [4.69, 9.17) is 5.73 Å². The molecule has 0 amide bonds. The molecule has 2 aliphatic rings. The number of nitrogens with zero attached hydrogens (tertiary/aromatic N) is 1. The molecule has 0 aliphatic heterocycles. The van der Waals surface area contributed by atoms with Gasteiger partial charge in [0, 0.05) is 30.4 Å². The van der Waals surface area contributed by atoms with Crippen molar-refractivity contribution in [2.45, 2.75) is 44.2 Å². The summed E-state index contributed by atoms with van der Waals surface area (Å²) < 4.78 is 2.45. The van der Waals surface area contributed by atoms with Gasteiger partial charge in [-0.3, -0.25) is 0 Å². The van der Waals surface area contributed by atoms with Crippen LogP contribution >= 0.6 is 0 Å². The predicted molar refractivity (Wildman–Crippen MR) is 77.2 cm³/mol. The van der Waals surface area contributed by atoms with Crippen LogP contribution in [0.4, 0.5) is 0 Å². The second-order valence-corrected chi connectivity index (χ2v) is 5.97. The van der Waals surface area contributed by atoms with Gasteiger partial charge in [0.25, 0.3) is 0 Å². The molecule has 2 aromatic rings. The van der Waals surface area contributed by atoms with E-state index in [0.29, 0.717) is 5.92 Å². The third-order valence-electron chi connectivity index (χ3n) is 4.82. The predicted octanol–water partition coefficient (Wildman–Crippen LogP) is 3.16. The normalized spacial score (nSPS) is 24.5. The van der Waals surface area contributed by atoms with E-state index in [1.54, 1.807) is 5.56 Å². The summed E-state index contributed by atoms with van der Waals surface area (Å²) in [6.45, 7) is 1.12. The molecule has 2 nitrogen and oxygen atoms in total. The van der Waals surface area contributed by atoms with E-state index < -0.39 is 0 Å². The van der Waals surface area contributed by atoms with Crippen molar-refractivity contribution in [3.8, 4) is 0 Å². The Balaban J connectivity index is 1.59. The number of fused-ring (bicyclic) bond motifs is 2. The van der Waals surface area contributed by atoms with Gasteiger partial charge in [-0.15, -0.1) is 0 Å². The van der Waals surface area contributed by atoms with Crippen LogP contribution in [0.2, 0.25) is 0 Å². The van der Waals surface area contributed by atoms with Crippen molar-refractivity contribution in [1.29, 1.82) is 0 Å². The zero-order chi connectivity index (χ0) is 12.8. The molecular weight excluding hydrogens is 232 g/mol. The van der Waals surface area contributed by atoms with Crippen molar-refractivity contribution >= 4 is 0 Å². The van der Waals surface area contributed by atoms with E-state index in [2.05, 4.69) is 41.1 Å². The number of nitrogens with two attached hydrogens (primary N) is 1. The lowest BCUT2D eigenvalue weighted by atomic mass is 9.77. The van der Waals surface area contributed by atoms with Gasteiger partial charge in [-0.25, -0.2) is 0 Å². The molecule has 0 radical (unpaired) electrons. The molecule has 2 N–H and O–H groups in total. The van der Waals surface area contributed by atoms with E-state index in [1.807, 2.05) is 0 Å². The molecule has 1 heterocycles. The van der Waals surface area contributed by atoms with Crippen LogP contribution < -0.4 is 5.73 Å². The fraction of sp³-hybridized carbons (Fsp3) is 0.412. The molecule has 2 atom stereocenters. The second-order valence-electron chi connectivity index (χ2n) is 5.97. The lowest BCUT2D eigenvalue weighted by Crippen LogP contribution is -2.24. The van der Waals surface area contributed by atoms with Crippen LogP contribution in [-0.4, -0.2) is 4.57 Å². The van der Waals surface area contributed by atoms with E-state index in [9.17, 15) is 0 Å². The minimum absolute atomic E-state index is 0.263. The quantitative estimate of drug-likeness (QED) is 0.874. The summed E-state index contributed by atoms with van der Waals surface area (Å²) in [6, 6.07) is 11.3. The van der Waals surface area contributed by atoms with Crippen LogP contribution in [0.1, 0.15) is 47.2 Å². The maximum atomic E-state index is 6.20. The largest absolute Gasteiger partial charge is 0.350 e. The van der Waals surface area contributed by atoms with E-state index in [1.165, 1.54) is 36.1 Å². The Morgan fingerprint density at radius 1 is 1.16 bits per heavy atom. The van der Waals surface area contributed by atoms with Gasteiger partial charge in [0.15, 0.2) is 0 Å². The van der Waals surface area contributed by atoms with Gasteiger partial charge in [0.1, 0.15) is 0 Å². The lowest BCUT2D eigenvalue weighted by molar-refractivity contribution is 0.479. The van der Waals surface area contributed by atoms with Gasteiger partial charge in [-0.2, -0.15) is 0 Å². The summed E-state index contributed by atoms with van der Waals surface area (Å²) in [4.78, 5) is 0. The van der Waals surface area contributed by atoms with Gasteiger partial charge in [0.05, 0.1) is 0 Å². The summed E-state index contributed by atoms with van der Waals surface area (Å²) in [5.41, 5.74) is 12.2. The Hall–Kier alpha value is -1.54. The highest BCUT2D eigenvalue weighted by molar-refractivity contribution is 5.40. The molecule has 0 bridgehead atoms. The van der Waals surface area contributed by atoms with Gasteiger partial charge in [-0.1, -0.05) is 24.3 Å². The number of benzene rings is 1. The molecule has 1 aromatic heterocycles. The van der Waals surface area contributed by atoms with Crippen molar-refractivity contribution < 1.29 is 0 Å². The second kappa shape index (κ2) is 4.24. The Morgan fingerprint density at radius 2 is 2.05 bits per heavy atom. The standard InChI is InChI=1S/C17H20N2/c18-16-6-3-7-17-15(16)8-9-19(17)11-13-10-12-4-1-2-5-14(12)13/h1-2,4-5,8-9,13,16H,3,6-7,10-11,18H2. The van der Waals surface area contributed by atoms with Gasteiger partial charge in [0.2, 0.25) is 0 Å². The van der Waals surface area contributed by atoms with Crippen LogP contribution in [-0.2, 0) is 19.4 Å². The molecular formula is C17H20N2. The molecule has 0 fully saturated rings. The first-order valence-corrected chi connectivity index (χ1v) is 7.34. The van der Waals surface area contributed by atoms with Crippen molar-refractivity contribution in [3.05, 3.63) is 58.9 Å². The Bertz CT molecular complexity index is 611. The maximum absolute atomic E-state index is 6.20. The fourth-order valence-electron chi connectivity index (χ4n) is 3.73. The summed E-state index contributed by atoms with van der Waals surface area (Å²) >= 11 is 0. The van der Waals surface area contributed by atoms with E-state index >= 15 is 0 Å². The molecule has 0 saturated heterocycles. The Labute approximate surface area is 114 Å². The summed E-state index contributed by atoms with van der Waals surface area (Å²) in [5, 5.41) is 0. The molecule has 2 heteroatoms. The first-order chi connectivity index (χ1) is 9.33. The first-order valence-electron chi connectivity index (χ1n) is 7.34. The molecule has 2 unspecified atom stereocenters. The van der Waals surface area contributed by atoms with E-state index in [0.717, 1.165) is 13.0 Å². The third kappa shape index (κ3) is 1.74. The van der Waals surface area contributed by atoms with Gasteiger partial charge < -0.3 is 10.3 Å². The summed E-state index contributed by atoms with van der Waals surface area (Å²) in [5.74, 6) is 0.700. The molecule has 2 aliphatic carbocycles. The first kappa shape index (κ1) is 11.3. The van der Waals surface area contributed by atoms with E-state index in [-0.39, 0.29) is 6.04 Å². The zero-order valence-corrected chi connectivity index (χ0v) is 11.2. The fourth-order valence-corrected chi connectivity index (χ4v) is 3.73. The van der Waals surface area contributed by atoms with Crippen LogP contribution in [0.3, 0.4) is 0 Å². The maximum Gasteiger partial charge on any atom is 0.0312 e. The average molecular weight is 252 g/mol. The monoisotopic (exact) mass is 252 g/mol. The molecule has 4 rings (SSSR count). The van der Waals surface area contributed by atoms with Crippen molar-refractivity contribution in [2.24, 2.45) is 5.73 Å². The van der Waals surface area contributed by atoms with Gasteiger partial charge >= 0.3 is 0 Å². The number of aromatic nitrogens is 1. The Kier molecular flexibility index (Phi) is 2.52. The van der Waals surface area contributed by atoms with Crippen molar-refractivity contribution in [3.63, 3.8) is 0 Å². The SMILES string of the molecule is NC1CCCc2c1ccn2CC1Cc2ccccc21. The topological polar surface area (TPSA) is 30.9 Å². The van der Waals surface area contributed by atoms with Gasteiger partial charge in [-0.05, 0) is 48.4 Å². The summed E-state index contributed by atoms with van der Waals surface area (Å²) in [7, 11) is 0. The minimum atomic E-state index is 0.263. The Morgan fingerprint density at radius 3 is 2.95 bits per heavy atom. The smallest absolute Gasteiger partial charge is 0.0312 e. The zero-order valence-electron chi connectivity index (χ0n) is 11.2. The molecule has 0 spiro atoms. The number of hydrogen-bond donors (Lipinski definition) is 1. The third-order valence-corrected chi connectivity index (χ3v) is 4.82. The van der Waals surface area contributed by atoms with Crippen molar-refractivity contribution in [1.82, 2.24) is 4.57 Å². The van der Waals surface area contributed by atoms with Crippen LogP contribution in [0.5, 0.6) is 0 Å². The molecule has 0 saturated carbocycles. The lowest BCUT2D eigenvalue weighted by Gasteiger charge is -2.31. The summed E-state index contributed by atoms with van der Waals surface area (Å²) in [6.07, 6.45) is 7.05. The van der Waals surface area contributed by atoms with Crippen molar-refractivity contribution in [2.75, 3.05) is 0 Å². The molecule has 1 aromatic carbocycles. The minimum Gasteiger partial charge on any atom is -0.350 e. The van der Waals surface area contributed by atoms with Crippen LogP contribution in [0.15, 0.2) is 36.5 Å². The van der Waals surface area contributed by atoms with Crippen LogP contribution in [0, 0.1) is 0 Å². The highest BCUT2D eigenvalue weighted by Gasteiger charge is 2.27. The average Bonchev–Trinajstić information content (AvgIpc) is 2.81. The number of rotatable bonds is 2. The highest BCUT2D eigenvalue weighted by atomic mass is 15.0. The molecule has 98 valence electrons. The molecule has 19 heavy (non-hydrogen) atoms. The highest BCUT2D eigenvalue weighted by Crippen LogP contribution is 2.37. The van der Waals surface area contributed by atoms with Crippen LogP contribution in [0.25, 0.3) is 0 Å². The number of hydrogen-bond acceptors (Lipinski definition) is 1.